The number of rotatable bonds is 4. The number of nitrogens with two attached hydrogens (primary N) is 2. The third-order valence-corrected chi connectivity index (χ3v) is 2.21. The van der Waals surface area contributed by atoms with Crippen LogP contribution < -0.4 is 11.5 Å². The molecule has 0 unspecified atom stereocenters. The van der Waals surface area contributed by atoms with Crippen molar-refractivity contribution in [1.29, 1.82) is 0 Å². The van der Waals surface area contributed by atoms with Gasteiger partial charge in [0.15, 0.2) is 0 Å². The van der Waals surface area contributed by atoms with Crippen molar-refractivity contribution in [3.05, 3.63) is 33.8 Å². The molecule has 1 aromatic rings. The summed E-state index contributed by atoms with van der Waals surface area (Å²) in [6, 6.07) is 0. The minimum atomic E-state index is 0.351. The molecule has 0 saturated heterocycles. The maximum absolute atomic E-state index is 8.09. The van der Waals surface area contributed by atoms with Crippen LogP contribution in [0.3, 0.4) is 0 Å². The van der Waals surface area contributed by atoms with Gasteiger partial charge in [0.05, 0.1) is 5.69 Å². The zero-order valence-corrected chi connectivity index (χ0v) is 9.09. The fraction of sp³-hybridized carbons (Fsp3) is 0.300. The molecule has 84 valence electrons. The predicted octanol–water partition coefficient (Wildman–Crippen LogP) is 2.27. The molecule has 0 spiro atoms. The van der Waals surface area contributed by atoms with Crippen LogP contribution in [0.1, 0.15) is 17.5 Å². The second-order valence-electron chi connectivity index (χ2n) is 3.28. The summed E-state index contributed by atoms with van der Waals surface area (Å²) < 4.78 is 0. The first kappa shape index (κ1) is 11.9. The van der Waals surface area contributed by atoms with E-state index in [1.54, 1.807) is 6.20 Å². The SMILES string of the molecule is Cc1c(C=CCCN=[N+]=[N-])cnc(N)c1N. The average Bonchev–Trinajstić information content (AvgIpc) is 2.28. The van der Waals surface area contributed by atoms with Gasteiger partial charge in [-0.3, -0.25) is 0 Å². The molecule has 0 fully saturated rings. The zero-order chi connectivity index (χ0) is 12.0. The van der Waals surface area contributed by atoms with E-state index in [2.05, 4.69) is 15.0 Å². The van der Waals surface area contributed by atoms with Gasteiger partial charge in [-0.05, 0) is 30.0 Å². The second-order valence-corrected chi connectivity index (χ2v) is 3.28. The van der Waals surface area contributed by atoms with Crippen LogP contribution in [0.4, 0.5) is 11.5 Å². The van der Waals surface area contributed by atoms with Crippen molar-refractivity contribution < 1.29 is 0 Å². The number of nitrogen functional groups attached to an aromatic ring is 2. The Morgan fingerprint density at radius 3 is 3.00 bits per heavy atom. The van der Waals surface area contributed by atoms with Crippen molar-refractivity contribution >= 4 is 17.6 Å². The van der Waals surface area contributed by atoms with Crippen LogP contribution >= 0.6 is 0 Å². The smallest absolute Gasteiger partial charge is 0.146 e. The van der Waals surface area contributed by atoms with Crippen LogP contribution in [0.2, 0.25) is 0 Å². The van der Waals surface area contributed by atoms with E-state index in [4.69, 9.17) is 17.0 Å². The number of nitrogens with zero attached hydrogens (tertiary/aromatic N) is 4. The second kappa shape index (κ2) is 5.63. The van der Waals surface area contributed by atoms with E-state index >= 15 is 0 Å². The van der Waals surface area contributed by atoms with Crippen LogP contribution in [0.5, 0.6) is 0 Å². The maximum atomic E-state index is 8.09. The van der Waals surface area contributed by atoms with E-state index in [1.807, 2.05) is 19.1 Å². The highest BCUT2D eigenvalue weighted by Crippen LogP contribution is 2.21. The lowest BCUT2D eigenvalue weighted by Gasteiger charge is -2.05. The Kier molecular flexibility index (Phi) is 4.17. The van der Waals surface area contributed by atoms with E-state index in [9.17, 15) is 0 Å². The molecule has 6 heteroatoms. The van der Waals surface area contributed by atoms with Gasteiger partial charge in [-0.15, -0.1) is 0 Å². The Balaban J connectivity index is 2.74. The molecule has 0 aromatic carbocycles. The minimum absolute atomic E-state index is 0.351. The Morgan fingerprint density at radius 2 is 2.31 bits per heavy atom. The molecule has 0 aliphatic heterocycles. The van der Waals surface area contributed by atoms with Crippen LogP contribution in [0.25, 0.3) is 16.5 Å². The van der Waals surface area contributed by atoms with Crippen molar-refractivity contribution in [2.24, 2.45) is 5.11 Å². The lowest BCUT2D eigenvalue weighted by Crippen LogP contribution is -2.01. The van der Waals surface area contributed by atoms with Gasteiger partial charge in [-0.2, -0.15) is 0 Å². The van der Waals surface area contributed by atoms with Crippen LogP contribution in [0, 0.1) is 6.92 Å². The van der Waals surface area contributed by atoms with Crippen molar-refractivity contribution in [3.63, 3.8) is 0 Å². The maximum Gasteiger partial charge on any atom is 0.146 e. The summed E-state index contributed by atoms with van der Waals surface area (Å²) in [5.74, 6) is 0.351. The summed E-state index contributed by atoms with van der Waals surface area (Å²) >= 11 is 0. The number of anilines is 2. The lowest BCUT2D eigenvalue weighted by atomic mass is 10.1. The molecule has 0 atom stereocenters. The third kappa shape index (κ3) is 2.90. The average molecular weight is 218 g/mol. The van der Waals surface area contributed by atoms with Crippen molar-refractivity contribution in [1.82, 2.24) is 4.98 Å². The van der Waals surface area contributed by atoms with Gasteiger partial charge in [0.1, 0.15) is 5.82 Å². The van der Waals surface area contributed by atoms with Gasteiger partial charge in [-0.1, -0.05) is 17.3 Å². The fourth-order valence-electron chi connectivity index (χ4n) is 1.21. The van der Waals surface area contributed by atoms with Crippen LogP contribution in [-0.4, -0.2) is 11.5 Å². The van der Waals surface area contributed by atoms with E-state index < -0.39 is 0 Å². The first-order chi connectivity index (χ1) is 7.66. The fourth-order valence-corrected chi connectivity index (χ4v) is 1.21. The highest BCUT2D eigenvalue weighted by molar-refractivity contribution is 5.69. The first-order valence-electron chi connectivity index (χ1n) is 4.84. The molecule has 1 heterocycles. The molecule has 6 nitrogen and oxygen atoms in total. The molecule has 1 aromatic heterocycles. The Bertz CT molecular complexity index is 445. The molecule has 0 radical (unpaired) electrons. The summed E-state index contributed by atoms with van der Waals surface area (Å²) in [5, 5.41) is 3.43. The summed E-state index contributed by atoms with van der Waals surface area (Å²) in [7, 11) is 0. The van der Waals surface area contributed by atoms with E-state index in [0.717, 1.165) is 11.1 Å². The molecule has 4 N–H and O–H groups in total. The van der Waals surface area contributed by atoms with Gasteiger partial charge in [0, 0.05) is 17.7 Å². The normalized spacial score (nSPS) is 10.3. The number of hydrogen-bond donors (Lipinski definition) is 2. The highest BCUT2D eigenvalue weighted by Gasteiger charge is 2.02. The minimum Gasteiger partial charge on any atom is -0.396 e. The van der Waals surface area contributed by atoms with Crippen LogP contribution in [0.15, 0.2) is 17.4 Å². The van der Waals surface area contributed by atoms with Gasteiger partial charge >= 0.3 is 0 Å². The number of pyridine rings is 1. The predicted molar refractivity (Wildman–Crippen MR) is 65.5 cm³/mol. The topological polar surface area (TPSA) is 114 Å². The molecule has 0 bridgehead atoms. The largest absolute Gasteiger partial charge is 0.396 e. The molecule has 0 amide bonds. The monoisotopic (exact) mass is 218 g/mol. The molecular formula is C10H14N6. The summed E-state index contributed by atoms with van der Waals surface area (Å²) in [6.45, 7) is 2.34. The van der Waals surface area contributed by atoms with E-state index in [1.165, 1.54) is 0 Å². The molecule has 0 aliphatic carbocycles. The molecule has 1 rings (SSSR count). The Labute approximate surface area is 93.6 Å². The van der Waals surface area contributed by atoms with E-state index in [0.29, 0.717) is 24.5 Å². The number of aromatic nitrogens is 1. The lowest BCUT2D eigenvalue weighted by molar-refractivity contribution is 0.995. The first-order valence-corrected chi connectivity index (χ1v) is 4.84. The molecular weight excluding hydrogens is 204 g/mol. The summed E-state index contributed by atoms with van der Waals surface area (Å²) in [5.41, 5.74) is 21.7. The van der Waals surface area contributed by atoms with E-state index in [-0.39, 0.29) is 0 Å². The Morgan fingerprint density at radius 1 is 1.56 bits per heavy atom. The third-order valence-electron chi connectivity index (χ3n) is 2.21. The summed E-state index contributed by atoms with van der Waals surface area (Å²) in [6.07, 6.45) is 6.16. The number of hydrogen-bond acceptors (Lipinski definition) is 4. The Hall–Kier alpha value is -2.20. The van der Waals surface area contributed by atoms with Gasteiger partial charge in [0.2, 0.25) is 0 Å². The molecule has 16 heavy (non-hydrogen) atoms. The van der Waals surface area contributed by atoms with Gasteiger partial charge < -0.3 is 11.5 Å². The quantitative estimate of drug-likeness (QED) is 0.349. The van der Waals surface area contributed by atoms with Gasteiger partial charge in [-0.25, -0.2) is 4.98 Å². The summed E-state index contributed by atoms with van der Waals surface area (Å²) in [4.78, 5) is 6.64. The molecule has 0 aliphatic rings. The standard InChI is InChI=1S/C10H14N6/c1-7-8(4-2-3-5-15-16-13)6-14-10(12)9(7)11/h2,4,6H,3,5,11H2,1H3,(H2,12,14). The van der Waals surface area contributed by atoms with Crippen molar-refractivity contribution in [2.75, 3.05) is 18.0 Å². The number of azide groups is 1. The molecule has 0 saturated carbocycles. The van der Waals surface area contributed by atoms with Gasteiger partial charge in [0.25, 0.3) is 0 Å². The van der Waals surface area contributed by atoms with Crippen molar-refractivity contribution in [2.45, 2.75) is 13.3 Å². The van der Waals surface area contributed by atoms with Crippen LogP contribution in [-0.2, 0) is 0 Å². The van der Waals surface area contributed by atoms with Crippen molar-refractivity contribution in [3.8, 4) is 0 Å². The zero-order valence-electron chi connectivity index (χ0n) is 9.09. The highest BCUT2D eigenvalue weighted by atomic mass is 15.1.